The zero-order valence-corrected chi connectivity index (χ0v) is 9.35. The monoisotopic (exact) mass is 220 g/mol. The molecule has 0 aliphatic rings. The second kappa shape index (κ2) is 5.47. The molecule has 16 heavy (non-hydrogen) atoms. The number of rotatable bonds is 6. The van der Waals surface area contributed by atoms with Gasteiger partial charge in [-0.3, -0.25) is 0 Å². The molecule has 1 rings (SSSR count). The topological polar surface area (TPSA) is 46.5 Å². The molecule has 0 spiro atoms. The first-order valence-corrected chi connectivity index (χ1v) is 5.10. The lowest BCUT2D eigenvalue weighted by Crippen LogP contribution is -2.37. The Morgan fingerprint density at radius 1 is 1.50 bits per heavy atom. The van der Waals surface area contributed by atoms with Gasteiger partial charge in [0, 0.05) is 6.42 Å². The zero-order chi connectivity index (χ0) is 12.0. The fourth-order valence-electron chi connectivity index (χ4n) is 1.30. The van der Waals surface area contributed by atoms with Crippen molar-refractivity contribution in [1.29, 1.82) is 0 Å². The lowest BCUT2D eigenvalue weighted by molar-refractivity contribution is -0.164. The molecule has 0 radical (unpaired) electrons. The summed E-state index contributed by atoms with van der Waals surface area (Å²) in [5, 5.41) is 9.07. The highest BCUT2D eigenvalue weighted by molar-refractivity contribution is 5.77. The molecule has 1 aromatic rings. The quantitative estimate of drug-likeness (QED) is 0.749. The third-order valence-corrected chi connectivity index (χ3v) is 2.39. The van der Waals surface area contributed by atoms with Crippen molar-refractivity contribution in [3.8, 4) is 0 Å². The second-order valence-electron chi connectivity index (χ2n) is 3.80. The molecule has 0 aromatic heterocycles. The summed E-state index contributed by atoms with van der Waals surface area (Å²) in [6.07, 6.45) is 1.84. The van der Waals surface area contributed by atoms with Crippen LogP contribution in [0.2, 0.25) is 0 Å². The van der Waals surface area contributed by atoms with Crippen molar-refractivity contribution in [3.63, 3.8) is 0 Å². The van der Waals surface area contributed by atoms with Gasteiger partial charge >= 0.3 is 5.97 Å². The van der Waals surface area contributed by atoms with Crippen molar-refractivity contribution in [2.75, 3.05) is 0 Å². The maximum atomic E-state index is 11.1. The molecule has 3 nitrogen and oxygen atoms in total. The predicted octanol–water partition coefficient (Wildman–Crippen LogP) is 2.62. The van der Waals surface area contributed by atoms with Crippen molar-refractivity contribution < 1.29 is 14.6 Å². The highest BCUT2D eigenvalue weighted by Gasteiger charge is 2.32. The third kappa shape index (κ3) is 3.21. The molecule has 0 fully saturated rings. The Labute approximate surface area is 95.4 Å². The van der Waals surface area contributed by atoms with Gasteiger partial charge in [0.15, 0.2) is 5.60 Å². The number of carboxylic acids is 1. The fraction of sp³-hybridized carbons (Fsp3) is 0.308. The van der Waals surface area contributed by atoms with Gasteiger partial charge in [0.25, 0.3) is 0 Å². The van der Waals surface area contributed by atoms with Gasteiger partial charge in [0.2, 0.25) is 0 Å². The number of benzene rings is 1. The first-order chi connectivity index (χ1) is 7.58. The van der Waals surface area contributed by atoms with Crippen LogP contribution in [0, 0.1) is 0 Å². The zero-order valence-electron chi connectivity index (χ0n) is 9.35. The summed E-state index contributed by atoms with van der Waals surface area (Å²) in [4.78, 5) is 11.1. The number of ether oxygens (including phenoxy) is 1. The van der Waals surface area contributed by atoms with E-state index in [4.69, 9.17) is 9.84 Å². The summed E-state index contributed by atoms with van der Waals surface area (Å²) in [5.74, 6) is -0.969. The third-order valence-electron chi connectivity index (χ3n) is 2.39. The van der Waals surface area contributed by atoms with E-state index in [1.54, 1.807) is 13.0 Å². The van der Waals surface area contributed by atoms with Crippen molar-refractivity contribution in [3.05, 3.63) is 48.6 Å². The number of carbonyl (C=O) groups is 1. The standard InChI is InChI=1S/C13H16O3/c1-3-9-13(2,12(14)15)16-10-11-7-5-4-6-8-11/h3-8H,1,9-10H2,2H3,(H,14,15)/t13-/m0/s1. The van der Waals surface area contributed by atoms with E-state index < -0.39 is 11.6 Å². The molecule has 1 atom stereocenters. The molecule has 0 unspecified atom stereocenters. The average Bonchev–Trinajstić information content (AvgIpc) is 2.28. The molecule has 0 bridgehead atoms. The molecule has 0 saturated heterocycles. The van der Waals surface area contributed by atoms with E-state index in [9.17, 15) is 4.79 Å². The summed E-state index contributed by atoms with van der Waals surface area (Å²) in [7, 11) is 0. The van der Waals surface area contributed by atoms with Crippen LogP contribution < -0.4 is 0 Å². The highest BCUT2D eigenvalue weighted by Crippen LogP contribution is 2.18. The molecule has 0 aliphatic carbocycles. The highest BCUT2D eigenvalue weighted by atomic mass is 16.5. The van der Waals surface area contributed by atoms with Gasteiger partial charge < -0.3 is 9.84 Å². The summed E-state index contributed by atoms with van der Waals surface area (Å²) < 4.78 is 5.45. The maximum absolute atomic E-state index is 11.1. The lowest BCUT2D eigenvalue weighted by Gasteiger charge is -2.23. The van der Waals surface area contributed by atoms with Crippen LogP contribution in [-0.2, 0) is 16.1 Å². The van der Waals surface area contributed by atoms with Gasteiger partial charge in [0.05, 0.1) is 6.61 Å². The minimum absolute atomic E-state index is 0.287. The second-order valence-corrected chi connectivity index (χ2v) is 3.80. The fourth-order valence-corrected chi connectivity index (χ4v) is 1.30. The molecule has 1 N–H and O–H groups in total. The maximum Gasteiger partial charge on any atom is 0.336 e. The Morgan fingerprint density at radius 2 is 2.12 bits per heavy atom. The van der Waals surface area contributed by atoms with Gasteiger partial charge in [0.1, 0.15) is 0 Å². The number of hydrogen-bond donors (Lipinski definition) is 1. The van der Waals surface area contributed by atoms with E-state index in [0.29, 0.717) is 0 Å². The lowest BCUT2D eigenvalue weighted by atomic mass is 10.0. The van der Waals surface area contributed by atoms with Gasteiger partial charge in [-0.05, 0) is 12.5 Å². The SMILES string of the molecule is C=CC[C@](C)(OCc1ccccc1)C(=O)O. The number of carboxylic acid groups (broad SMARTS) is 1. The summed E-state index contributed by atoms with van der Waals surface area (Å²) >= 11 is 0. The van der Waals surface area contributed by atoms with Crippen molar-refractivity contribution in [2.45, 2.75) is 25.6 Å². The smallest absolute Gasteiger partial charge is 0.336 e. The molecular weight excluding hydrogens is 204 g/mol. The van der Waals surface area contributed by atoms with Crippen LogP contribution in [0.3, 0.4) is 0 Å². The first kappa shape index (κ1) is 12.5. The van der Waals surface area contributed by atoms with E-state index in [0.717, 1.165) is 5.56 Å². The Bertz CT molecular complexity index is 359. The van der Waals surface area contributed by atoms with Gasteiger partial charge in [-0.25, -0.2) is 4.79 Å². The molecule has 86 valence electrons. The largest absolute Gasteiger partial charge is 0.479 e. The molecule has 0 aliphatic heterocycles. The van der Waals surface area contributed by atoms with E-state index in [1.807, 2.05) is 30.3 Å². The molecular formula is C13H16O3. The van der Waals surface area contributed by atoms with Crippen LogP contribution in [0.15, 0.2) is 43.0 Å². The molecule has 3 heteroatoms. The molecule has 0 saturated carbocycles. The summed E-state index contributed by atoms with van der Waals surface area (Å²) in [6.45, 7) is 5.38. The van der Waals surface area contributed by atoms with Gasteiger partial charge in [-0.1, -0.05) is 36.4 Å². The Morgan fingerprint density at radius 3 is 2.62 bits per heavy atom. The molecule has 0 heterocycles. The Hall–Kier alpha value is -1.61. The van der Waals surface area contributed by atoms with Gasteiger partial charge in [-0.15, -0.1) is 6.58 Å². The number of hydrogen-bond acceptors (Lipinski definition) is 2. The van der Waals surface area contributed by atoms with Crippen molar-refractivity contribution in [1.82, 2.24) is 0 Å². The Balaban J connectivity index is 2.64. The van der Waals surface area contributed by atoms with Crippen LogP contribution in [0.5, 0.6) is 0 Å². The van der Waals surface area contributed by atoms with Crippen molar-refractivity contribution in [2.24, 2.45) is 0 Å². The normalized spacial score (nSPS) is 14.1. The van der Waals surface area contributed by atoms with E-state index in [2.05, 4.69) is 6.58 Å². The van der Waals surface area contributed by atoms with Crippen LogP contribution in [0.4, 0.5) is 0 Å². The summed E-state index contributed by atoms with van der Waals surface area (Å²) in [5.41, 5.74) is -0.239. The van der Waals surface area contributed by atoms with E-state index in [-0.39, 0.29) is 13.0 Å². The Kier molecular flexibility index (Phi) is 4.26. The molecule has 0 amide bonds. The van der Waals surface area contributed by atoms with Gasteiger partial charge in [-0.2, -0.15) is 0 Å². The van der Waals surface area contributed by atoms with Crippen LogP contribution in [0.25, 0.3) is 0 Å². The predicted molar refractivity (Wildman–Crippen MR) is 62.1 cm³/mol. The minimum Gasteiger partial charge on any atom is -0.479 e. The van der Waals surface area contributed by atoms with Crippen LogP contribution in [0.1, 0.15) is 18.9 Å². The van der Waals surface area contributed by atoms with Crippen LogP contribution in [-0.4, -0.2) is 16.7 Å². The average molecular weight is 220 g/mol. The minimum atomic E-state index is -1.20. The first-order valence-electron chi connectivity index (χ1n) is 5.10. The van der Waals surface area contributed by atoms with Crippen LogP contribution >= 0.6 is 0 Å². The van der Waals surface area contributed by atoms with E-state index in [1.165, 1.54) is 0 Å². The van der Waals surface area contributed by atoms with Crippen molar-refractivity contribution >= 4 is 5.97 Å². The summed E-state index contributed by atoms with van der Waals surface area (Å²) in [6, 6.07) is 9.49. The molecule has 1 aromatic carbocycles. The van der Waals surface area contributed by atoms with E-state index >= 15 is 0 Å². The number of aliphatic carboxylic acids is 1.